The highest BCUT2D eigenvalue weighted by Gasteiger charge is 2.36. The van der Waals surface area contributed by atoms with Crippen LogP contribution in [0.5, 0.6) is 0 Å². The molecule has 0 aliphatic rings. The number of aromatic nitrogens is 1. The summed E-state index contributed by atoms with van der Waals surface area (Å²) >= 11 is 0. The van der Waals surface area contributed by atoms with E-state index < -0.39 is 7.60 Å². The number of furan rings is 1. The Balaban J connectivity index is 1.99. The van der Waals surface area contributed by atoms with Gasteiger partial charge in [0.2, 0.25) is 17.2 Å². The van der Waals surface area contributed by atoms with Crippen LogP contribution in [-0.2, 0) is 25.6 Å². The Morgan fingerprint density at radius 1 is 1.07 bits per heavy atom. The first-order chi connectivity index (χ1) is 14.3. The number of anilines is 1. The molecule has 0 spiro atoms. The van der Waals surface area contributed by atoms with E-state index in [1.165, 1.54) is 5.56 Å². The molecule has 0 aliphatic heterocycles. The van der Waals surface area contributed by atoms with Crippen molar-refractivity contribution in [1.82, 2.24) is 4.98 Å². The van der Waals surface area contributed by atoms with Gasteiger partial charge in [0.25, 0.3) is 0 Å². The van der Waals surface area contributed by atoms with Crippen molar-refractivity contribution in [1.29, 1.82) is 0 Å². The van der Waals surface area contributed by atoms with Gasteiger partial charge in [-0.1, -0.05) is 32.9 Å². The Hall–Kier alpha value is -2.34. The van der Waals surface area contributed by atoms with Crippen molar-refractivity contribution in [2.24, 2.45) is 0 Å². The summed E-state index contributed by atoms with van der Waals surface area (Å²) in [4.78, 5) is 4.51. The van der Waals surface area contributed by atoms with E-state index in [2.05, 4.69) is 31.1 Å². The summed E-state index contributed by atoms with van der Waals surface area (Å²) in [6.07, 6.45) is 1.59. The lowest BCUT2D eigenvalue weighted by Gasteiger charge is -2.18. The Morgan fingerprint density at radius 3 is 2.27 bits per heavy atom. The van der Waals surface area contributed by atoms with Crippen LogP contribution in [0, 0.1) is 0 Å². The minimum Gasteiger partial charge on any atom is -0.467 e. The van der Waals surface area contributed by atoms with Crippen molar-refractivity contribution in [2.75, 3.05) is 18.5 Å². The summed E-state index contributed by atoms with van der Waals surface area (Å²) in [6.45, 7) is 10.8. The van der Waals surface area contributed by atoms with Gasteiger partial charge >= 0.3 is 7.60 Å². The molecule has 162 valence electrons. The third-order valence-electron chi connectivity index (χ3n) is 4.47. The Bertz CT molecular complexity index is 978. The van der Waals surface area contributed by atoms with E-state index in [4.69, 9.17) is 17.9 Å². The minimum absolute atomic E-state index is 0.0374. The molecule has 1 aromatic carbocycles. The first-order valence-electron chi connectivity index (χ1n) is 10.0. The predicted molar refractivity (Wildman–Crippen MR) is 117 cm³/mol. The molecule has 0 saturated carbocycles. The minimum atomic E-state index is -3.65. The van der Waals surface area contributed by atoms with Gasteiger partial charge in [0.1, 0.15) is 5.76 Å². The number of benzene rings is 1. The maximum Gasteiger partial charge on any atom is 0.385 e. The first-order valence-corrected chi connectivity index (χ1v) is 11.6. The zero-order valence-electron chi connectivity index (χ0n) is 18.1. The maximum atomic E-state index is 13.4. The van der Waals surface area contributed by atoms with Crippen LogP contribution in [0.25, 0.3) is 11.5 Å². The molecule has 0 atom stereocenters. The van der Waals surface area contributed by atoms with Gasteiger partial charge in [-0.25, -0.2) is 0 Å². The standard InChI is InChI=1S/C22H29N2O5P/c1-6-27-30(25,28-7-2)21-20(23-15-18-9-8-14-26-18)29-19(24-21)16-10-12-17(13-11-16)22(3,4)5/h8-14,23H,6-7,15H2,1-5H3. The molecule has 0 saturated heterocycles. The quantitative estimate of drug-likeness (QED) is 0.432. The number of nitrogens with one attached hydrogen (secondary N) is 1. The molecular formula is C22H29N2O5P. The zero-order chi connectivity index (χ0) is 21.8. The van der Waals surface area contributed by atoms with Gasteiger partial charge in [-0.2, -0.15) is 4.98 Å². The summed E-state index contributed by atoms with van der Waals surface area (Å²) in [5, 5.41) is 3.11. The Labute approximate surface area is 177 Å². The lowest BCUT2D eigenvalue weighted by Crippen LogP contribution is -2.16. The highest BCUT2D eigenvalue weighted by molar-refractivity contribution is 7.62. The van der Waals surface area contributed by atoms with Crippen LogP contribution in [0.2, 0.25) is 0 Å². The van der Waals surface area contributed by atoms with Crippen LogP contribution in [-0.4, -0.2) is 18.2 Å². The molecule has 0 radical (unpaired) electrons. The lowest BCUT2D eigenvalue weighted by atomic mass is 9.87. The smallest absolute Gasteiger partial charge is 0.385 e. The Morgan fingerprint density at radius 2 is 1.73 bits per heavy atom. The summed E-state index contributed by atoms with van der Waals surface area (Å²) < 4.78 is 35.7. The van der Waals surface area contributed by atoms with Crippen molar-refractivity contribution in [2.45, 2.75) is 46.6 Å². The monoisotopic (exact) mass is 432 g/mol. The van der Waals surface area contributed by atoms with E-state index in [0.29, 0.717) is 18.2 Å². The second-order valence-electron chi connectivity index (χ2n) is 7.77. The summed E-state index contributed by atoms with van der Waals surface area (Å²) in [7, 11) is -3.65. The third-order valence-corrected chi connectivity index (χ3v) is 6.49. The average molecular weight is 432 g/mol. The van der Waals surface area contributed by atoms with Crippen molar-refractivity contribution in [3.8, 4) is 11.5 Å². The van der Waals surface area contributed by atoms with E-state index in [-0.39, 0.29) is 29.9 Å². The van der Waals surface area contributed by atoms with E-state index in [0.717, 1.165) is 5.56 Å². The van der Waals surface area contributed by atoms with E-state index >= 15 is 0 Å². The van der Waals surface area contributed by atoms with Crippen LogP contribution in [0.4, 0.5) is 5.88 Å². The highest BCUT2D eigenvalue weighted by atomic mass is 31.2. The third kappa shape index (κ3) is 5.04. The molecule has 3 rings (SSSR count). The van der Waals surface area contributed by atoms with Crippen LogP contribution < -0.4 is 10.8 Å². The van der Waals surface area contributed by atoms with Crippen LogP contribution in [0.3, 0.4) is 0 Å². The Kier molecular flexibility index (Phi) is 6.86. The molecule has 2 aromatic heterocycles. The van der Waals surface area contributed by atoms with Crippen molar-refractivity contribution >= 4 is 18.9 Å². The number of rotatable bonds is 9. The highest BCUT2D eigenvalue weighted by Crippen LogP contribution is 2.49. The number of hydrogen-bond acceptors (Lipinski definition) is 7. The van der Waals surface area contributed by atoms with Crippen LogP contribution in [0.15, 0.2) is 51.5 Å². The first kappa shape index (κ1) is 22.3. The fourth-order valence-corrected chi connectivity index (χ4v) is 4.51. The molecule has 1 N–H and O–H groups in total. The molecule has 30 heavy (non-hydrogen) atoms. The van der Waals surface area contributed by atoms with Gasteiger partial charge < -0.3 is 23.2 Å². The number of nitrogens with zero attached hydrogens (tertiary/aromatic N) is 1. The zero-order valence-corrected chi connectivity index (χ0v) is 19.0. The van der Waals surface area contributed by atoms with Crippen molar-refractivity contribution in [3.05, 3.63) is 54.0 Å². The number of hydrogen-bond donors (Lipinski definition) is 1. The summed E-state index contributed by atoms with van der Waals surface area (Å²) in [6, 6.07) is 11.6. The van der Waals surface area contributed by atoms with Gasteiger partial charge in [0, 0.05) is 5.56 Å². The molecule has 0 unspecified atom stereocenters. The second kappa shape index (κ2) is 9.21. The maximum absolute atomic E-state index is 13.4. The molecule has 2 heterocycles. The van der Waals surface area contributed by atoms with Gasteiger partial charge in [0.15, 0.2) is 0 Å². The van der Waals surface area contributed by atoms with E-state index in [1.807, 2.05) is 30.3 Å². The lowest BCUT2D eigenvalue weighted by molar-refractivity contribution is 0.229. The largest absolute Gasteiger partial charge is 0.467 e. The fraction of sp³-hybridized carbons (Fsp3) is 0.409. The normalized spacial score (nSPS) is 12.3. The number of oxazole rings is 1. The van der Waals surface area contributed by atoms with E-state index in [1.54, 1.807) is 26.2 Å². The van der Waals surface area contributed by atoms with Gasteiger partial charge in [-0.3, -0.25) is 4.57 Å². The second-order valence-corrected chi connectivity index (χ2v) is 9.70. The van der Waals surface area contributed by atoms with Gasteiger partial charge in [0.05, 0.1) is 26.0 Å². The van der Waals surface area contributed by atoms with Crippen LogP contribution in [0.1, 0.15) is 45.9 Å². The SMILES string of the molecule is CCOP(=O)(OCC)c1nc(-c2ccc(C(C)(C)C)cc2)oc1NCc1ccco1. The molecule has 8 heteroatoms. The molecule has 0 amide bonds. The predicted octanol–water partition coefficient (Wildman–Crippen LogP) is 5.74. The molecular weight excluding hydrogens is 403 g/mol. The average Bonchev–Trinajstić information content (AvgIpc) is 3.36. The van der Waals surface area contributed by atoms with Gasteiger partial charge in [-0.15, -0.1) is 0 Å². The summed E-state index contributed by atoms with van der Waals surface area (Å²) in [5.41, 5.74) is 2.14. The molecule has 7 nitrogen and oxygen atoms in total. The van der Waals surface area contributed by atoms with Gasteiger partial charge in [-0.05, 0) is 49.1 Å². The summed E-state index contributed by atoms with van der Waals surface area (Å²) in [5.74, 6) is 1.29. The van der Waals surface area contributed by atoms with Crippen molar-refractivity contribution < 1.29 is 22.4 Å². The topological polar surface area (TPSA) is 86.7 Å². The molecule has 0 aliphatic carbocycles. The fourth-order valence-electron chi connectivity index (χ4n) is 2.93. The van der Waals surface area contributed by atoms with Crippen LogP contribution >= 0.6 is 7.60 Å². The molecule has 3 aromatic rings. The molecule has 0 fully saturated rings. The van der Waals surface area contributed by atoms with Crippen molar-refractivity contribution in [3.63, 3.8) is 0 Å². The van der Waals surface area contributed by atoms with E-state index in [9.17, 15) is 4.57 Å². The molecule has 0 bridgehead atoms.